The van der Waals surface area contributed by atoms with Gasteiger partial charge in [0.15, 0.2) is 0 Å². The van der Waals surface area contributed by atoms with Crippen molar-refractivity contribution in [2.24, 2.45) is 0 Å². The third-order valence-electron chi connectivity index (χ3n) is 15.3. The van der Waals surface area contributed by atoms with Crippen molar-refractivity contribution in [2.45, 2.75) is 31.1 Å². The highest BCUT2D eigenvalue weighted by Gasteiger charge is 2.53. The maximum Gasteiger partial charge on any atom is 0.0725 e. The summed E-state index contributed by atoms with van der Waals surface area (Å²) >= 11 is 0. The van der Waals surface area contributed by atoms with Gasteiger partial charge in [-0.05, 0) is 144 Å². The zero-order valence-corrected chi connectivity index (χ0v) is 37.0. The lowest BCUT2D eigenvalue weighted by Crippen LogP contribution is -2.30. The predicted octanol–water partition coefficient (Wildman–Crippen LogP) is 16.4. The smallest absolute Gasteiger partial charge is 0.0725 e. The molecule has 66 heavy (non-hydrogen) atoms. The molecule has 0 saturated carbocycles. The molecule has 0 aromatic heterocycles. The summed E-state index contributed by atoms with van der Waals surface area (Å²) in [6.07, 6.45) is 0. The summed E-state index contributed by atoms with van der Waals surface area (Å²) in [7, 11) is 0. The van der Waals surface area contributed by atoms with Crippen LogP contribution in [-0.4, -0.2) is 0 Å². The summed E-state index contributed by atoms with van der Waals surface area (Å²) in [5, 5.41) is 0. The average Bonchev–Trinajstić information content (AvgIpc) is 3.83. The number of anilines is 3. The van der Waals surface area contributed by atoms with Gasteiger partial charge in [0.25, 0.3) is 0 Å². The first-order valence-electron chi connectivity index (χ1n) is 23.4. The number of rotatable bonds is 4. The normalized spacial score (nSPS) is 16.1. The summed E-state index contributed by atoms with van der Waals surface area (Å²) in [5.74, 6) is -0.0314. The molecule has 3 aliphatic carbocycles. The van der Waals surface area contributed by atoms with Gasteiger partial charge in [0.2, 0.25) is 0 Å². The first-order valence-corrected chi connectivity index (χ1v) is 23.4. The minimum absolute atomic E-state index is 0.0126. The van der Waals surface area contributed by atoms with Crippen molar-refractivity contribution < 1.29 is 0 Å². The van der Waals surface area contributed by atoms with Crippen LogP contribution in [0.1, 0.15) is 78.6 Å². The predicted molar refractivity (Wildman–Crippen MR) is 273 cm³/mol. The van der Waals surface area contributed by atoms with E-state index in [1.807, 2.05) is 0 Å². The van der Waals surface area contributed by atoms with E-state index in [1.165, 1.54) is 128 Å². The molecule has 1 heterocycles. The van der Waals surface area contributed by atoms with Crippen molar-refractivity contribution in [2.75, 3.05) is 4.90 Å². The first kappa shape index (κ1) is 37.4. The highest BCUT2D eigenvalue weighted by molar-refractivity contribution is 5.98. The van der Waals surface area contributed by atoms with Gasteiger partial charge in [0.05, 0.1) is 22.5 Å². The second kappa shape index (κ2) is 14.0. The van der Waals surface area contributed by atoms with Crippen LogP contribution in [-0.2, 0) is 5.41 Å². The Bertz CT molecular complexity index is 3590. The number of hydrogen-bond donors (Lipinski definition) is 0. The number of fused-ring (bicyclic) bond motifs is 14. The van der Waals surface area contributed by atoms with Crippen molar-refractivity contribution in [3.8, 4) is 44.5 Å². The summed E-state index contributed by atoms with van der Waals surface area (Å²) in [6.45, 7) is 4.54. The van der Waals surface area contributed by atoms with Gasteiger partial charge in [0.1, 0.15) is 0 Å². The van der Waals surface area contributed by atoms with E-state index in [0.29, 0.717) is 0 Å². The molecule has 1 spiro atoms. The number of hydrogen-bond acceptors (Lipinski definition) is 1. The van der Waals surface area contributed by atoms with Crippen LogP contribution in [0.4, 0.5) is 17.1 Å². The Balaban J connectivity index is 1.12. The zero-order chi connectivity index (χ0) is 43.7. The Morgan fingerprint density at radius 3 is 1.48 bits per heavy atom. The van der Waals surface area contributed by atoms with Gasteiger partial charge in [-0.1, -0.05) is 200 Å². The molecule has 0 bridgehead atoms. The van der Waals surface area contributed by atoms with Crippen molar-refractivity contribution >= 4 is 17.1 Å². The highest BCUT2D eigenvalue weighted by atomic mass is 15.2. The molecule has 2 atom stereocenters. The Kier molecular flexibility index (Phi) is 7.93. The summed E-state index contributed by atoms with van der Waals surface area (Å²) < 4.78 is 0. The molecule has 0 fully saturated rings. The molecule has 0 radical (unpaired) electrons. The lowest BCUT2D eigenvalue weighted by Gasteiger charge is -2.45. The fraction of sp³-hybridized carbons (Fsp3) is 0.0769. The van der Waals surface area contributed by atoms with Crippen LogP contribution in [0.25, 0.3) is 44.5 Å². The quantitative estimate of drug-likeness (QED) is 0.171. The van der Waals surface area contributed by atoms with Gasteiger partial charge in [-0.3, -0.25) is 0 Å². The molecule has 10 aromatic carbocycles. The molecule has 0 N–H and O–H groups in total. The van der Waals surface area contributed by atoms with E-state index in [0.717, 1.165) is 0 Å². The summed E-state index contributed by atoms with van der Waals surface area (Å²) in [4.78, 5) is 2.60. The van der Waals surface area contributed by atoms with Crippen LogP contribution in [0, 0.1) is 13.8 Å². The van der Waals surface area contributed by atoms with Crippen LogP contribution in [0.2, 0.25) is 0 Å². The Morgan fingerprint density at radius 2 is 0.818 bits per heavy atom. The molecule has 10 aromatic rings. The third-order valence-corrected chi connectivity index (χ3v) is 15.3. The summed E-state index contributed by atoms with van der Waals surface area (Å²) in [6, 6.07) is 85.3. The Labute approximate surface area is 387 Å². The van der Waals surface area contributed by atoms with Crippen molar-refractivity contribution in [1.29, 1.82) is 0 Å². The van der Waals surface area contributed by atoms with Gasteiger partial charge in [-0.25, -0.2) is 0 Å². The van der Waals surface area contributed by atoms with Crippen LogP contribution in [0.3, 0.4) is 0 Å². The van der Waals surface area contributed by atoms with Crippen LogP contribution in [0.5, 0.6) is 0 Å². The van der Waals surface area contributed by atoms with Crippen LogP contribution < -0.4 is 4.90 Å². The van der Waals surface area contributed by atoms with Gasteiger partial charge in [0, 0.05) is 17.4 Å². The zero-order valence-electron chi connectivity index (χ0n) is 37.0. The molecule has 1 aliphatic heterocycles. The van der Waals surface area contributed by atoms with Crippen LogP contribution in [0.15, 0.2) is 224 Å². The minimum atomic E-state index is -0.449. The van der Waals surface area contributed by atoms with E-state index in [-0.39, 0.29) is 11.8 Å². The molecule has 14 rings (SSSR count). The largest absolute Gasteiger partial charge is 0.309 e. The van der Waals surface area contributed by atoms with Gasteiger partial charge >= 0.3 is 0 Å². The SMILES string of the molecule is Cc1ccc2c(c1)N(c1ccccc1-c1ccccc1)c1cc(C)cc3c1C2c1cc2c(cc1C3c1ccccc1-c1ccccc1)C1(c3ccccc3-c3ccccc31)c1ccccc1-2. The maximum atomic E-state index is 2.69. The number of aryl methyl sites for hydroxylation is 2. The first-order chi connectivity index (χ1) is 32.6. The number of para-hydroxylation sites is 1. The van der Waals surface area contributed by atoms with Crippen molar-refractivity contribution in [3.05, 3.63) is 291 Å². The van der Waals surface area contributed by atoms with E-state index in [9.17, 15) is 0 Å². The Morgan fingerprint density at radius 1 is 0.303 bits per heavy atom. The molecular formula is C65H45N. The summed E-state index contributed by atoms with van der Waals surface area (Å²) in [5.41, 5.74) is 29.8. The minimum Gasteiger partial charge on any atom is -0.309 e. The standard InChI is InChI=1S/C65H45N/c1-40-33-34-50-60(36-40)66(59-32-18-14-24-45(59)43-21-7-4-8-22-43)61-37-41(2)35-54-62(49-28-10-9-23-44(49)42-19-5-3-6-20-42)53-39-58-51(38-52(53)63(50)64(54)61)48-27-13-17-31-57(48)65(58)55-29-15-11-25-46(55)47-26-12-16-30-56(47)65/h3-39,62-63H,1-2H3. The molecule has 4 aliphatic rings. The lowest BCUT2D eigenvalue weighted by atomic mass is 9.63. The molecule has 1 nitrogen and oxygen atoms in total. The molecule has 0 amide bonds. The van der Waals surface area contributed by atoms with Crippen molar-refractivity contribution in [1.82, 2.24) is 0 Å². The maximum absolute atomic E-state index is 2.69. The number of benzene rings is 10. The lowest BCUT2D eigenvalue weighted by molar-refractivity contribution is 0.773. The van der Waals surface area contributed by atoms with E-state index >= 15 is 0 Å². The molecule has 1 heteroatoms. The fourth-order valence-corrected chi connectivity index (χ4v) is 12.8. The van der Waals surface area contributed by atoms with E-state index in [2.05, 4.69) is 243 Å². The van der Waals surface area contributed by atoms with E-state index in [1.54, 1.807) is 0 Å². The molecular weight excluding hydrogens is 795 g/mol. The second-order valence-electron chi connectivity index (χ2n) is 18.8. The molecule has 310 valence electrons. The van der Waals surface area contributed by atoms with Crippen molar-refractivity contribution in [3.63, 3.8) is 0 Å². The topological polar surface area (TPSA) is 3.24 Å². The average molecular weight is 840 g/mol. The van der Waals surface area contributed by atoms with Gasteiger partial charge in [-0.2, -0.15) is 0 Å². The molecule has 2 unspecified atom stereocenters. The van der Waals surface area contributed by atoms with E-state index < -0.39 is 5.41 Å². The molecule has 0 saturated heterocycles. The highest BCUT2D eigenvalue weighted by Crippen LogP contribution is 2.66. The number of nitrogens with zero attached hydrogens (tertiary/aromatic N) is 1. The van der Waals surface area contributed by atoms with E-state index in [4.69, 9.17) is 0 Å². The fourth-order valence-electron chi connectivity index (χ4n) is 12.8. The van der Waals surface area contributed by atoms with Gasteiger partial charge in [-0.15, -0.1) is 0 Å². The Hall–Kier alpha value is -8.00. The van der Waals surface area contributed by atoms with Gasteiger partial charge < -0.3 is 4.90 Å². The van der Waals surface area contributed by atoms with Crippen LogP contribution >= 0.6 is 0 Å². The monoisotopic (exact) mass is 839 g/mol. The second-order valence-corrected chi connectivity index (χ2v) is 18.8. The third kappa shape index (κ3) is 5.00.